The number of hydrogen-bond donors (Lipinski definition) is 1. The Hall–Kier alpha value is -3.32. The smallest absolute Gasteiger partial charge is 0.290 e. The highest BCUT2D eigenvalue weighted by Gasteiger charge is 2.43. The number of allylic oxidation sites excluding steroid dienone is 1. The average Bonchev–Trinajstić information content (AvgIpc) is 3.34. The number of benzene rings is 1. The summed E-state index contributed by atoms with van der Waals surface area (Å²) in [4.78, 5) is 29.5. The zero-order valence-corrected chi connectivity index (χ0v) is 17.4. The van der Waals surface area contributed by atoms with Crippen LogP contribution >= 0.6 is 0 Å². The number of ketones is 1. The molecule has 0 saturated carbocycles. The second-order valence-electron chi connectivity index (χ2n) is 7.28. The van der Waals surface area contributed by atoms with Gasteiger partial charge in [-0.3, -0.25) is 9.59 Å². The highest BCUT2D eigenvalue weighted by Crippen LogP contribution is 2.41. The standard InChI is InChI=1S/C23H26N2O5/c1-24(2)13-7-14-25-21(17-9-4-5-10-19(17)29-3)20(22(27)23(25)28)18(26)12-11-16-8-6-15-30-16/h4-6,8-12,15,21,27H,7,13-14H2,1-3H3. The van der Waals surface area contributed by atoms with Crippen LogP contribution in [0.15, 0.2) is 64.5 Å². The van der Waals surface area contributed by atoms with Crippen molar-refractivity contribution < 1.29 is 23.8 Å². The van der Waals surface area contributed by atoms with Gasteiger partial charge in [0.2, 0.25) is 0 Å². The molecule has 0 spiro atoms. The summed E-state index contributed by atoms with van der Waals surface area (Å²) in [5.41, 5.74) is 0.689. The van der Waals surface area contributed by atoms with E-state index in [1.807, 2.05) is 31.1 Å². The number of nitrogens with zero attached hydrogens (tertiary/aromatic N) is 2. The number of furan rings is 1. The van der Waals surface area contributed by atoms with E-state index < -0.39 is 23.5 Å². The summed E-state index contributed by atoms with van der Waals surface area (Å²) in [7, 11) is 5.44. The highest BCUT2D eigenvalue weighted by molar-refractivity contribution is 6.14. The molecule has 7 heteroatoms. The molecule has 0 radical (unpaired) electrons. The van der Waals surface area contributed by atoms with Crippen molar-refractivity contribution in [3.8, 4) is 5.75 Å². The quantitative estimate of drug-likeness (QED) is 0.639. The Balaban J connectivity index is 1.98. The van der Waals surface area contributed by atoms with E-state index in [1.165, 1.54) is 30.4 Å². The molecule has 0 fully saturated rings. The third-order valence-corrected chi connectivity index (χ3v) is 4.95. The van der Waals surface area contributed by atoms with Crippen LogP contribution in [0.1, 0.15) is 23.8 Å². The van der Waals surface area contributed by atoms with Gasteiger partial charge < -0.3 is 24.1 Å². The largest absolute Gasteiger partial charge is 0.503 e. The van der Waals surface area contributed by atoms with Gasteiger partial charge in [-0.25, -0.2) is 0 Å². The van der Waals surface area contributed by atoms with Crippen LogP contribution in [0, 0.1) is 0 Å². The predicted molar refractivity (Wildman–Crippen MR) is 113 cm³/mol. The van der Waals surface area contributed by atoms with Gasteiger partial charge in [0.05, 0.1) is 25.0 Å². The lowest BCUT2D eigenvalue weighted by Crippen LogP contribution is -2.33. The lowest BCUT2D eigenvalue weighted by Gasteiger charge is -2.28. The lowest BCUT2D eigenvalue weighted by atomic mass is 9.95. The fourth-order valence-electron chi connectivity index (χ4n) is 3.54. The molecule has 0 aliphatic carbocycles. The van der Waals surface area contributed by atoms with Gasteiger partial charge >= 0.3 is 0 Å². The average molecular weight is 410 g/mol. The number of aliphatic hydroxyl groups excluding tert-OH is 1. The van der Waals surface area contributed by atoms with Gasteiger partial charge in [-0.1, -0.05) is 18.2 Å². The molecule has 1 atom stereocenters. The fourth-order valence-corrected chi connectivity index (χ4v) is 3.54. The van der Waals surface area contributed by atoms with Crippen LogP contribution in [0.25, 0.3) is 6.08 Å². The van der Waals surface area contributed by atoms with Crippen molar-refractivity contribution in [3.05, 3.63) is 71.4 Å². The number of methoxy groups -OCH3 is 1. The fraction of sp³-hybridized carbons (Fsp3) is 0.304. The maximum absolute atomic E-state index is 13.0. The molecule has 3 rings (SSSR count). The number of ether oxygens (including phenoxy) is 1. The summed E-state index contributed by atoms with van der Waals surface area (Å²) >= 11 is 0. The van der Waals surface area contributed by atoms with Crippen LogP contribution in [0.2, 0.25) is 0 Å². The molecule has 0 bridgehead atoms. The summed E-state index contributed by atoms with van der Waals surface area (Å²) in [6.45, 7) is 1.16. The number of carbonyl (C=O) groups is 2. The normalized spacial score (nSPS) is 16.9. The van der Waals surface area contributed by atoms with Crippen LogP contribution in [-0.4, -0.2) is 60.9 Å². The molecule has 1 N–H and O–H groups in total. The molecule has 7 nitrogen and oxygen atoms in total. The van der Waals surface area contributed by atoms with Crippen LogP contribution in [0.3, 0.4) is 0 Å². The van der Waals surface area contributed by atoms with E-state index in [1.54, 1.807) is 24.3 Å². The van der Waals surface area contributed by atoms with E-state index in [2.05, 4.69) is 0 Å². The molecule has 158 valence electrons. The Kier molecular flexibility index (Phi) is 6.74. The van der Waals surface area contributed by atoms with Gasteiger partial charge in [-0.15, -0.1) is 0 Å². The number of hydrogen-bond acceptors (Lipinski definition) is 6. The first kappa shape index (κ1) is 21.4. The molecule has 1 aromatic heterocycles. The van der Waals surface area contributed by atoms with Crippen molar-refractivity contribution in [2.24, 2.45) is 0 Å². The van der Waals surface area contributed by atoms with Crippen molar-refractivity contribution >= 4 is 17.8 Å². The molecule has 1 unspecified atom stereocenters. The zero-order valence-electron chi connectivity index (χ0n) is 17.4. The van der Waals surface area contributed by atoms with Crippen molar-refractivity contribution in [3.63, 3.8) is 0 Å². The summed E-state index contributed by atoms with van der Waals surface area (Å²) in [5, 5.41) is 10.6. The van der Waals surface area contributed by atoms with Gasteiger partial charge in [-0.2, -0.15) is 0 Å². The van der Waals surface area contributed by atoms with E-state index in [9.17, 15) is 14.7 Å². The van der Waals surface area contributed by atoms with Crippen LogP contribution in [0.4, 0.5) is 0 Å². The van der Waals surface area contributed by atoms with Crippen molar-refractivity contribution in [2.45, 2.75) is 12.5 Å². The zero-order chi connectivity index (χ0) is 21.7. The minimum atomic E-state index is -0.732. The van der Waals surface area contributed by atoms with Crippen molar-refractivity contribution in [1.29, 1.82) is 0 Å². The molecular formula is C23H26N2O5. The minimum absolute atomic E-state index is 0.0390. The van der Waals surface area contributed by atoms with Crippen molar-refractivity contribution in [1.82, 2.24) is 9.80 Å². The molecule has 2 aromatic rings. The topological polar surface area (TPSA) is 83.2 Å². The third kappa shape index (κ3) is 4.46. The monoisotopic (exact) mass is 410 g/mol. The molecule has 1 aromatic carbocycles. The second kappa shape index (κ2) is 9.45. The maximum Gasteiger partial charge on any atom is 0.290 e. The van der Waals surface area contributed by atoms with E-state index in [-0.39, 0.29) is 5.57 Å². The summed E-state index contributed by atoms with van der Waals surface area (Å²) in [6.07, 6.45) is 5.02. The second-order valence-corrected chi connectivity index (χ2v) is 7.28. The summed E-state index contributed by atoms with van der Waals surface area (Å²) in [6, 6.07) is 9.90. The van der Waals surface area contributed by atoms with Gasteiger partial charge in [0.15, 0.2) is 11.5 Å². The van der Waals surface area contributed by atoms with Crippen LogP contribution in [-0.2, 0) is 9.59 Å². The SMILES string of the molecule is COc1ccccc1C1C(C(=O)C=Cc2ccco2)=C(O)C(=O)N1CCCN(C)C. The van der Waals surface area contributed by atoms with E-state index in [0.29, 0.717) is 30.0 Å². The lowest BCUT2D eigenvalue weighted by molar-refractivity contribution is -0.129. The Morgan fingerprint density at radius 1 is 1.27 bits per heavy atom. The van der Waals surface area contributed by atoms with Crippen LogP contribution in [0.5, 0.6) is 5.75 Å². The van der Waals surface area contributed by atoms with Gasteiger partial charge in [0, 0.05) is 12.1 Å². The Labute approximate surface area is 175 Å². The number of rotatable bonds is 9. The van der Waals surface area contributed by atoms with Gasteiger partial charge in [0.1, 0.15) is 11.5 Å². The molecule has 2 heterocycles. The molecule has 30 heavy (non-hydrogen) atoms. The molecule has 1 amide bonds. The molecular weight excluding hydrogens is 384 g/mol. The first-order valence-electron chi connectivity index (χ1n) is 9.71. The third-order valence-electron chi connectivity index (χ3n) is 4.95. The van der Waals surface area contributed by atoms with Gasteiger partial charge in [0.25, 0.3) is 5.91 Å². The predicted octanol–water partition coefficient (Wildman–Crippen LogP) is 3.22. The number of amides is 1. The molecule has 1 aliphatic rings. The molecule has 0 saturated heterocycles. The van der Waals surface area contributed by atoms with E-state index >= 15 is 0 Å². The summed E-state index contributed by atoms with van der Waals surface area (Å²) in [5.74, 6) is -0.486. The van der Waals surface area contributed by atoms with Crippen molar-refractivity contribution in [2.75, 3.05) is 34.3 Å². The Bertz CT molecular complexity index is 960. The van der Waals surface area contributed by atoms with E-state index in [4.69, 9.17) is 9.15 Å². The number of aliphatic hydroxyl groups is 1. The minimum Gasteiger partial charge on any atom is -0.503 e. The Morgan fingerprint density at radius 2 is 2.03 bits per heavy atom. The van der Waals surface area contributed by atoms with Crippen LogP contribution < -0.4 is 4.74 Å². The van der Waals surface area contributed by atoms with Gasteiger partial charge in [-0.05, 0) is 57.4 Å². The number of para-hydroxylation sites is 1. The first-order chi connectivity index (χ1) is 14.4. The van der Waals surface area contributed by atoms with E-state index in [0.717, 1.165) is 6.54 Å². The first-order valence-corrected chi connectivity index (χ1v) is 9.71. The molecule has 1 aliphatic heterocycles. The Morgan fingerprint density at radius 3 is 2.70 bits per heavy atom. The number of carbonyl (C=O) groups excluding carboxylic acids is 2. The summed E-state index contributed by atoms with van der Waals surface area (Å²) < 4.78 is 10.7. The maximum atomic E-state index is 13.0. The highest BCUT2D eigenvalue weighted by atomic mass is 16.5.